The zero-order valence-electron chi connectivity index (χ0n) is 14.0. The summed E-state index contributed by atoms with van der Waals surface area (Å²) in [5.41, 5.74) is 0.583. The third-order valence-corrected chi connectivity index (χ3v) is 3.02. The first-order valence-electron chi connectivity index (χ1n) is 7.43. The van der Waals surface area contributed by atoms with Gasteiger partial charge < -0.3 is 9.47 Å². The average molecular weight is 335 g/mol. The van der Waals surface area contributed by atoms with Crippen molar-refractivity contribution in [3.05, 3.63) is 47.5 Å². The predicted octanol–water partition coefficient (Wildman–Crippen LogP) is 4.06. The number of benzene rings is 1. The van der Waals surface area contributed by atoms with E-state index in [0.717, 1.165) is 12.1 Å². The second-order valence-electron chi connectivity index (χ2n) is 6.31. The molecular formula is C18H19F2NO3. The average Bonchev–Trinajstić information content (AvgIpc) is 2.45. The highest BCUT2D eigenvalue weighted by Gasteiger charge is 2.17. The largest absolute Gasteiger partial charge is 0.466 e. The molecule has 1 aromatic heterocycles. The van der Waals surface area contributed by atoms with E-state index in [1.807, 2.05) is 0 Å². The van der Waals surface area contributed by atoms with E-state index in [1.54, 1.807) is 39.8 Å². The van der Waals surface area contributed by atoms with Gasteiger partial charge in [-0.05, 0) is 45.4 Å². The summed E-state index contributed by atoms with van der Waals surface area (Å²) in [5.74, 6) is -1.74. The van der Waals surface area contributed by atoms with Gasteiger partial charge in [0.2, 0.25) is 5.88 Å². The molecule has 6 heteroatoms. The summed E-state index contributed by atoms with van der Waals surface area (Å²) in [5, 5.41) is 0. The molecule has 0 fully saturated rings. The van der Waals surface area contributed by atoms with Crippen LogP contribution in [0.3, 0.4) is 0 Å². The van der Waals surface area contributed by atoms with Gasteiger partial charge in [0.1, 0.15) is 17.2 Å². The highest BCUT2D eigenvalue weighted by Crippen LogP contribution is 2.26. The molecule has 1 heterocycles. The van der Waals surface area contributed by atoms with Gasteiger partial charge >= 0.3 is 5.97 Å². The van der Waals surface area contributed by atoms with Crippen molar-refractivity contribution in [1.82, 2.24) is 4.98 Å². The van der Waals surface area contributed by atoms with Crippen LogP contribution in [-0.2, 0) is 9.53 Å². The number of halogens is 2. The number of carbonyl (C=O) groups is 1. The topological polar surface area (TPSA) is 48.4 Å². The van der Waals surface area contributed by atoms with Crippen molar-refractivity contribution in [3.8, 4) is 17.1 Å². The Kier molecular flexibility index (Phi) is 5.17. The number of hydrogen-bond acceptors (Lipinski definition) is 4. The van der Waals surface area contributed by atoms with Crippen LogP contribution in [0.5, 0.6) is 5.88 Å². The molecule has 2 rings (SSSR count). The Morgan fingerprint density at radius 3 is 2.50 bits per heavy atom. The van der Waals surface area contributed by atoms with Crippen molar-refractivity contribution < 1.29 is 23.0 Å². The van der Waals surface area contributed by atoms with Gasteiger partial charge in [-0.1, -0.05) is 6.07 Å². The fourth-order valence-electron chi connectivity index (χ4n) is 2.05. The Morgan fingerprint density at radius 1 is 1.17 bits per heavy atom. The van der Waals surface area contributed by atoms with Crippen LogP contribution in [0.15, 0.2) is 30.3 Å². The third kappa shape index (κ3) is 4.75. The Morgan fingerprint density at radius 2 is 1.88 bits per heavy atom. The van der Waals surface area contributed by atoms with Gasteiger partial charge in [0.25, 0.3) is 0 Å². The molecule has 0 N–H and O–H groups in total. The Bertz CT molecular complexity index is 754. The van der Waals surface area contributed by atoms with Gasteiger partial charge in [-0.15, -0.1) is 0 Å². The molecule has 0 radical (unpaired) electrons. The zero-order chi connectivity index (χ0) is 17.9. The van der Waals surface area contributed by atoms with E-state index in [0.29, 0.717) is 11.3 Å². The van der Waals surface area contributed by atoms with Crippen molar-refractivity contribution in [2.45, 2.75) is 33.3 Å². The summed E-state index contributed by atoms with van der Waals surface area (Å²) in [6, 6.07) is 6.54. The highest BCUT2D eigenvalue weighted by atomic mass is 19.1. The number of hydrogen-bond donors (Lipinski definition) is 0. The molecule has 128 valence electrons. The van der Waals surface area contributed by atoms with Gasteiger partial charge in [0.15, 0.2) is 6.61 Å². The van der Waals surface area contributed by atoms with Crippen LogP contribution in [0.1, 0.15) is 26.3 Å². The van der Waals surface area contributed by atoms with Gasteiger partial charge in [-0.3, -0.25) is 0 Å². The molecule has 0 aliphatic rings. The van der Waals surface area contributed by atoms with E-state index in [2.05, 4.69) is 4.98 Å². The lowest BCUT2D eigenvalue weighted by atomic mass is 10.1. The normalized spacial score (nSPS) is 11.2. The molecule has 0 saturated heterocycles. The lowest BCUT2D eigenvalue weighted by Crippen LogP contribution is -2.27. The Labute approximate surface area is 139 Å². The first-order chi connectivity index (χ1) is 11.2. The maximum atomic E-state index is 14.0. The van der Waals surface area contributed by atoms with E-state index in [-0.39, 0.29) is 18.1 Å². The second kappa shape index (κ2) is 6.95. The van der Waals surface area contributed by atoms with Gasteiger partial charge in [-0.2, -0.15) is 0 Å². The number of rotatable bonds is 4. The smallest absolute Gasteiger partial charge is 0.344 e. The van der Waals surface area contributed by atoms with E-state index >= 15 is 0 Å². The number of pyridine rings is 1. The minimum absolute atomic E-state index is 0.158. The number of carbonyl (C=O) groups excluding carboxylic acids is 1. The van der Waals surface area contributed by atoms with E-state index < -0.39 is 23.2 Å². The van der Waals surface area contributed by atoms with Crippen LogP contribution in [0.4, 0.5) is 8.78 Å². The lowest BCUT2D eigenvalue weighted by molar-refractivity contribution is -0.157. The molecule has 24 heavy (non-hydrogen) atoms. The van der Waals surface area contributed by atoms with E-state index in [4.69, 9.17) is 9.47 Å². The summed E-state index contributed by atoms with van der Waals surface area (Å²) >= 11 is 0. The van der Waals surface area contributed by atoms with Gasteiger partial charge in [0, 0.05) is 17.7 Å². The molecule has 0 bridgehead atoms. The fourth-order valence-corrected chi connectivity index (χ4v) is 2.05. The van der Waals surface area contributed by atoms with Crippen molar-refractivity contribution in [1.29, 1.82) is 0 Å². The van der Waals surface area contributed by atoms with Crippen molar-refractivity contribution in [2.75, 3.05) is 6.61 Å². The Balaban J connectivity index is 2.18. The summed E-state index contributed by atoms with van der Waals surface area (Å²) in [7, 11) is 0. The maximum absolute atomic E-state index is 14.0. The molecular weight excluding hydrogens is 316 g/mol. The second-order valence-corrected chi connectivity index (χ2v) is 6.31. The van der Waals surface area contributed by atoms with Crippen LogP contribution in [0.25, 0.3) is 11.3 Å². The maximum Gasteiger partial charge on any atom is 0.344 e. The quantitative estimate of drug-likeness (QED) is 0.791. The van der Waals surface area contributed by atoms with Crippen LogP contribution in [-0.4, -0.2) is 23.2 Å². The molecule has 0 saturated carbocycles. The molecule has 0 unspecified atom stereocenters. The number of aryl methyl sites for hydroxylation is 1. The van der Waals surface area contributed by atoms with Crippen LogP contribution in [0, 0.1) is 18.6 Å². The van der Waals surface area contributed by atoms with Gasteiger partial charge in [-0.25, -0.2) is 18.6 Å². The standard InChI is InChI=1S/C18H19F2NO3/c1-11-5-8-15(23-10-16(22)24-18(2,3)4)21-17(11)13-7-6-12(19)9-14(13)20/h5-9H,10H2,1-4H3. The molecule has 2 aromatic rings. The van der Waals surface area contributed by atoms with E-state index in [1.165, 1.54) is 6.07 Å². The van der Waals surface area contributed by atoms with Crippen molar-refractivity contribution in [3.63, 3.8) is 0 Å². The number of esters is 1. The molecule has 0 amide bonds. The summed E-state index contributed by atoms with van der Waals surface area (Å²) < 4.78 is 37.5. The molecule has 0 spiro atoms. The molecule has 0 aliphatic heterocycles. The van der Waals surface area contributed by atoms with Crippen LogP contribution >= 0.6 is 0 Å². The molecule has 0 aliphatic carbocycles. The number of nitrogens with zero attached hydrogens (tertiary/aromatic N) is 1. The van der Waals surface area contributed by atoms with Crippen molar-refractivity contribution in [2.24, 2.45) is 0 Å². The third-order valence-electron chi connectivity index (χ3n) is 3.02. The SMILES string of the molecule is Cc1ccc(OCC(=O)OC(C)(C)C)nc1-c1ccc(F)cc1F. The minimum Gasteiger partial charge on any atom is -0.466 e. The summed E-state index contributed by atoms with van der Waals surface area (Å²) in [6.07, 6.45) is 0. The summed E-state index contributed by atoms with van der Waals surface area (Å²) in [6.45, 7) is 6.71. The van der Waals surface area contributed by atoms with E-state index in [9.17, 15) is 13.6 Å². The molecule has 1 aromatic carbocycles. The molecule has 4 nitrogen and oxygen atoms in total. The first kappa shape index (κ1) is 17.8. The highest BCUT2D eigenvalue weighted by molar-refractivity contribution is 5.71. The van der Waals surface area contributed by atoms with Gasteiger partial charge in [0.05, 0.1) is 5.69 Å². The fraction of sp³-hybridized carbons (Fsp3) is 0.333. The summed E-state index contributed by atoms with van der Waals surface area (Å²) in [4.78, 5) is 15.9. The van der Waals surface area contributed by atoms with Crippen molar-refractivity contribution >= 4 is 5.97 Å². The predicted molar refractivity (Wildman–Crippen MR) is 85.7 cm³/mol. The minimum atomic E-state index is -0.713. The zero-order valence-corrected chi connectivity index (χ0v) is 14.0. The first-order valence-corrected chi connectivity index (χ1v) is 7.43. The lowest BCUT2D eigenvalue weighted by Gasteiger charge is -2.19. The number of ether oxygens (including phenoxy) is 2. The Hall–Kier alpha value is -2.50. The molecule has 0 atom stereocenters. The monoisotopic (exact) mass is 335 g/mol. The van der Waals surface area contributed by atoms with Crippen LogP contribution < -0.4 is 4.74 Å². The number of aromatic nitrogens is 1. The van der Waals surface area contributed by atoms with Crippen LogP contribution in [0.2, 0.25) is 0 Å².